The number of ketones is 1. The first-order valence-corrected chi connectivity index (χ1v) is 5.03. The van der Waals surface area contributed by atoms with Crippen molar-refractivity contribution >= 4 is 12.3 Å². The molecule has 0 aromatic heterocycles. The van der Waals surface area contributed by atoms with Crippen molar-refractivity contribution in [3.05, 3.63) is 0 Å². The second-order valence-corrected chi connectivity index (χ2v) is 4.65. The number of rotatable bonds is 1. The van der Waals surface area contributed by atoms with Crippen molar-refractivity contribution in [3.8, 4) is 0 Å². The van der Waals surface area contributed by atoms with Crippen molar-refractivity contribution in [3.63, 3.8) is 0 Å². The largest absolute Gasteiger partial charge is 0.471 e. The molecule has 3 heteroatoms. The minimum atomic E-state index is 0.344. The zero-order chi connectivity index (χ0) is 10.8. The van der Waals surface area contributed by atoms with Gasteiger partial charge in [-0.25, -0.2) is 0 Å². The molecule has 0 heterocycles. The van der Waals surface area contributed by atoms with Crippen LogP contribution in [0.1, 0.15) is 33.1 Å². The Morgan fingerprint density at radius 3 is 2.14 bits per heavy atom. The summed E-state index contributed by atoms with van der Waals surface area (Å²) in [5, 5.41) is 0. The van der Waals surface area contributed by atoms with Crippen molar-refractivity contribution in [2.24, 2.45) is 17.3 Å². The van der Waals surface area contributed by atoms with Crippen LogP contribution in [-0.4, -0.2) is 19.4 Å². The SMILES string of the molecule is CC1(C)C2CC[C@H]1C(=O)C2.COC=O. The fraction of sp³-hybridized carbons (Fsp3) is 0.818. The Balaban J connectivity index is 0.000000213. The van der Waals surface area contributed by atoms with Gasteiger partial charge in [0.2, 0.25) is 0 Å². The third kappa shape index (κ3) is 1.81. The number of carbonyl (C=O) groups excluding carboxylic acids is 2. The Bertz CT molecular complexity index is 233. The molecule has 2 fully saturated rings. The van der Waals surface area contributed by atoms with Crippen LogP contribution in [0, 0.1) is 17.3 Å². The molecule has 2 aliphatic rings. The van der Waals surface area contributed by atoms with E-state index < -0.39 is 0 Å². The predicted molar refractivity (Wildman–Crippen MR) is 52.7 cm³/mol. The quantitative estimate of drug-likeness (QED) is 0.603. The van der Waals surface area contributed by atoms with Crippen LogP contribution in [-0.2, 0) is 14.3 Å². The lowest BCUT2D eigenvalue weighted by Crippen LogP contribution is -2.19. The zero-order valence-electron chi connectivity index (χ0n) is 9.08. The fourth-order valence-electron chi connectivity index (χ4n) is 2.72. The minimum absolute atomic E-state index is 0.344. The Morgan fingerprint density at radius 2 is 2.00 bits per heavy atom. The summed E-state index contributed by atoms with van der Waals surface area (Å²) < 4.78 is 3.86. The molecular formula is C11H18O3. The van der Waals surface area contributed by atoms with Crippen molar-refractivity contribution in [2.75, 3.05) is 7.11 Å². The molecule has 2 atom stereocenters. The molecule has 80 valence electrons. The molecule has 0 aromatic carbocycles. The van der Waals surface area contributed by atoms with E-state index in [9.17, 15) is 4.79 Å². The third-order valence-electron chi connectivity index (χ3n) is 3.69. The van der Waals surface area contributed by atoms with Gasteiger partial charge in [-0.05, 0) is 24.2 Å². The van der Waals surface area contributed by atoms with E-state index in [1.807, 2.05) is 0 Å². The van der Waals surface area contributed by atoms with Gasteiger partial charge in [-0.15, -0.1) is 0 Å². The lowest BCUT2D eigenvalue weighted by Gasteiger charge is -2.21. The summed E-state index contributed by atoms with van der Waals surface area (Å²) in [5.41, 5.74) is 0.344. The summed E-state index contributed by atoms with van der Waals surface area (Å²) in [6, 6.07) is 0. The number of methoxy groups -OCH3 is 1. The highest BCUT2D eigenvalue weighted by molar-refractivity contribution is 5.85. The maximum Gasteiger partial charge on any atom is 0.292 e. The number of carbonyl (C=O) groups is 2. The normalized spacial score (nSPS) is 32.1. The lowest BCUT2D eigenvalue weighted by atomic mass is 9.82. The second-order valence-electron chi connectivity index (χ2n) is 4.65. The van der Waals surface area contributed by atoms with Crippen molar-refractivity contribution < 1.29 is 14.3 Å². The van der Waals surface area contributed by atoms with Gasteiger partial charge in [0, 0.05) is 12.3 Å². The summed E-state index contributed by atoms with van der Waals surface area (Å²) in [6.45, 7) is 4.88. The number of Topliss-reactive ketones (excluding diaryl/α,β-unsaturated/α-hetero) is 1. The van der Waals surface area contributed by atoms with Crippen molar-refractivity contribution in [2.45, 2.75) is 33.1 Å². The van der Waals surface area contributed by atoms with E-state index in [4.69, 9.17) is 4.79 Å². The first kappa shape index (κ1) is 11.2. The van der Waals surface area contributed by atoms with Gasteiger partial charge in [-0.2, -0.15) is 0 Å². The van der Waals surface area contributed by atoms with E-state index >= 15 is 0 Å². The van der Waals surface area contributed by atoms with Crippen LogP contribution < -0.4 is 0 Å². The molecule has 0 saturated heterocycles. The number of hydrogen-bond donors (Lipinski definition) is 0. The van der Waals surface area contributed by atoms with E-state index in [0.717, 1.165) is 12.8 Å². The van der Waals surface area contributed by atoms with E-state index in [1.54, 1.807) is 0 Å². The second kappa shape index (κ2) is 4.11. The molecule has 0 spiro atoms. The third-order valence-corrected chi connectivity index (χ3v) is 3.69. The molecule has 3 nitrogen and oxygen atoms in total. The topological polar surface area (TPSA) is 43.4 Å². The highest BCUT2D eigenvalue weighted by Gasteiger charge is 2.52. The molecule has 2 rings (SSSR count). The van der Waals surface area contributed by atoms with Gasteiger partial charge >= 0.3 is 0 Å². The van der Waals surface area contributed by atoms with Crippen LogP contribution in [0.2, 0.25) is 0 Å². The van der Waals surface area contributed by atoms with Gasteiger partial charge in [-0.1, -0.05) is 13.8 Å². The molecular weight excluding hydrogens is 180 g/mol. The van der Waals surface area contributed by atoms with Gasteiger partial charge in [0.1, 0.15) is 5.78 Å². The zero-order valence-corrected chi connectivity index (χ0v) is 9.08. The molecule has 1 unspecified atom stereocenters. The molecule has 2 aliphatic carbocycles. The minimum Gasteiger partial charge on any atom is -0.471 e. The molecule has 0 N–H and O–H groups in total. The molecule has 0 aliphatic heterocycles. The maximum atomic E-state index is 11.3. The van der Waals surface area contributed by atoms with Gasteiger partial charge in [0.15, 0.2) is 0 Å². The Kier molecular flexibility index (Phi) is 3.29. The van der Waals surface area contributed by atoms with Gasteiger partial charge in [0.05, 0.1) is 7.11 Å². The molecule has 2 saturated carbocycles. The number of fused-ring (bicyclic) bond motifs is 2. The van der Waals surface area contributed by atoms with Crippen LogP contribution >= 0.6 is 0 Å². The van der Waals surface area contributed by atoms with Gasteiger partial charge < -0.3 is 4.74 Å². The number of hydrogen-bond acceptors (Lipinski definition) is 3. The average Bonchev–Trinajstić information content (AvgIpc) is 2.54. The molecule has 0 amide bonds. The summed E-state index contributed by atoms with van der Waals surface area (Å²) >= 11 is 0. The molecule has 2 bridgehead atoms. The highest BCUT2D eigenvalue weighted by Crippen LogP contribution is 2.55. The summed E-state index contributed by atoms with van der Waals surface area (Å²) in [7, 11) is 1.31. The van der Waals surface area contributed by atoms with Gasteiger partial charge in [-0.3, -0.25) is 9.59 Å². The van der Waals surface area contributed by atoms with Crippen molar-refractivity contribution in [1.82, 2.24) is 0 Å². The Labute approximate surface area is 84.8 Å². The Hall–Kier alpha value is -0.860. The maximum absolute atomic E-state index is 11.3. The van der Waals surface area contributed by atoms with E-state index in [2.05, 4.69) is 18.6 Å². The molecule has 14 heavy (non-hydrogen) atoms. The van der Waals surface area contributed by atoms with E-state index in [0.29, 0.717) is 29.5 Å². The smallest absolute Gasteiger partial charge is 0.292 e. The van der Waals surface area contributed by atoms with Crippen LogP contribution in [0.4, 0.5) is 0 Å². The first-order valence-electron chi connectivity index (χ1n) is 5.03. The van der Waals surface area contributed by atoms with Gasteiger partial charge in [0.25, 0.3) is 6.47 Å². The van der Waals surface area contributed by atoms with Crippen LogP contribution in [0.15, 0.2) is 0 Å². The standard InChI is InChI=1S/C9H14O.C2H4O2/c1-9(2)6-3-4-7(9)8(10)5-6;1-4-2-3/h6-7H,3-5H2,1-2H3;2H,1H3/t6?,7-;/m0./s1. The molecule has 0 radical (unpaired) electrons. The predicted octanol–water partition coefficient (Wildman–Crippen LogP) is 1.80. The summed E-state index contributed by atoms with van der Waals surface area (Å²) in [5.74, 6) is 1.66. The monoisotopic (exact) mass is 198 g/mol. The summed E-state index contributed by atoms with van der Waals surface area (Å²) in [6.07, 6.45) is 3.33. The fourth-order valence-corrected chi connectivity index (χ4v) is 2.72. The van der Waals surface area contributed by atoms with E-state index in [1.165, 1.54) is 13.5 Å². The molecule has 0 aromatic rings. The average molecular weight is 198 g/mol. The van der Waals surface area contributed by atoms with Crippen molar-refractivity contribution in [1.29, 1.82) is 0 Å². The van der Waals surface area contributed by atoms with Crippen LogP contribution in [0.5, 0.6) is 0 Å². The Morgan fingerprint density at radius 1 is 1.43 bits per heavy atom. The van der Waals surface area contributed by atoms with Crippen LogP contribution in [0.25, 0.3) is 0 Å². The van der Waals surface area contributed by atoms with Crippen LogP contribution in [0.3, 0.4) is 0 Å². The van der Waals surface area contributed by atoms with E-state index in [-0.39, 0.29) is 0 Å². The highest BCUT2D eigenvalue weighted by atomic mass is 16.5. The summed E-state index contributed by atoms with van der Waals surface area (Å²) in [4.78, 5) is 20.2. The first-order chi connectivity index (χ1) is 6.54. The lowest BCUT2D eigenvalue weighted by molar-refractivity contribution is -0.126. The number of ether oxygens (including phenoxy) is 1.